The van der Waals surface area contributed by atoms with Gasteiger partial charge in [-0.2, -0.15) is 0 Å². The van der Waals surface area contributed by atoms with Gasteiger partial charge in [0.1, 0.15) is 5.69 Å². The number of aromatic nitrogens is 3. The van der Waals surface area contributed by atoms with Gasteiger partial charge in [-0.05, 0) is 23.8 Å². The van der Waals surface area contributed by atoms with Crippen molar-refractivity contribution in [3.8, 4) is 0 Å². The largest absolute Gasteiger partial charge is 0.347 e. The first-order chi connectivity index (χ1) is 10.6. The highest BCUT2D eigenvalue weighted by molar-refractivity contribution is 5.98. The van der Waals surface area contributed by atoms with E-state index < -0.39 is 0 Å². The molecular formula is C16H16N4O2. The van der Waals surface area contributed by atoms with Crippen molar-refractivity contribution in [3.63, 3.8) is 0 Å². The Balaban J connectivity index is 1.90. The zero-order valence-electron chi connectivity index (χ0n) is 12.4. The minimum absolute atomic E-state index is 0.112. The van der Waals surface area contributed by atoms with Gasteiger partial charge >= 0.3 is 0 Å². The van der Waals surface area contributed by atoms with Crippen molar-refractivity contribution in [2.45, 2.75) is 6.54 Å². The lowest BCUT2D eigenvalue weighted by Gasteiger charge is -2.06. The second-order valence-electron chi connectivity index (χ2n) is 5.16. The van der Waals surface area contributed by atoms with Crippen LogP contribution in [0, 0.1) is 0 Å². The molecule has 22 heavy (non-hydrogen) atoms. The average Bonchev–Trinajstić information content (AvgIpc) is 2.87. The number of nitrogens with zero attached hydrogens (tertiary/aromatic N) is 3. The summed E-state index contributed by atoms with van der Waals surface area (Å²) in [5.41, 5.74) is 2.02. The van der Waals surface area contributed by atoms with E-state index in [1.54, 1.807) is 43.3 Å². The highest BCUT2D eigenvalue weighted by Crippen LogP contribution is 2.15. The molecule has 3 heterocycles. The van der Waals surface area contributed by atoms with Crippen molar-refractivity contribution in [1.82, 2.24) is 19.4 Å². The van der Waals surface area contributed by atoms with Crippen molar-refractivity contribution in [1.29, 1.82) is 0 Å². The lowest BCUT2D eigenvalue weighted by molar-refractivity contribution is 0.0943. The van der Waals surface area contributed by atoms with Crippen LogP contribution in [0.3, 0.4) is 0 Å². The minimum Gasteiger partial charge on any atom is -0.347 e. The fourth-order valence-electron chi connectivity index (χ4n) is 2.42. The van der Waals surface area contributed by atoms with Crippen molar-refractivity contribution >= 4 is 16.8 Å². The smallest absolute Gasteiger partial charge is 0.268 e. The van der Waals surface area contributed by atoms with Crippen LogP contribution in [0.25, 0.3) is 10.9 Å². The number of carbonyl (C=O) groups excluding carboxylic acids is 1. The van der Waals surface area contributed by atoms with Gasteiger partial charge in [-0.15, -0.1) is 0 Å². The number of amides is 1. The predicted molar refractivity (Wildman–Crippen MR) is 83.6 cm³/mol. The Morgan fingerprint density at radius 2 is 2.14 bits per heavy atom. The van der Waals surface area contributed by atoms with Crippen LogP contribution in [0.15, 0.2) is 47.7 Å². The first-order valence-electron chi connectivity index (χ1n) is 6.90. The van der Waals surface area contributed by atoms with Gasteiger partial charge in [-0.3, -0.25) is 14.6 Å². The Labute approximate surface area is 127 Å². The van der Waals surface area contributed by atoms with Gasteiger partial charge < -0.3 is 14.5 Å². The summed E-state index contributed by atoms with van der Waals surface area (Å²) in [4.78, 5) is 28.5. The summed E-state index contributed by atoms with van der Waals surface area (Å²) in [7, 11) is 3.47. The molecule has 112 valence electrons. The highest BCUT2D eigenvalue weighted by Gasteiger charge is 2.15. The van der Waals surface area contributed by atoms with E-state index in [1.165, 1.54) is 4.57 Å². The summed E-state index contributed by atoms with van der Waals surface area (Å²) < 4.78 is 3.23. The zero-order chi connectivity index (χ0) is 15.7. The molecule has 0 radical (unpaired) electrons. The van der Waals surface area contributed by atoms with Crippen LogP contribution in [-0.4, -0.2) is 20.0 Å². The van der Waals surface area contributed by atoms with Crippen molar-refractivity contribution < 1.29 is 4.79 Å². The summed E-state index contributed by atoms with van der Waals surface area (Å²) in [5.74, 6) is -0.218. The first-order valence-corrected chi connectivity index (χ1v) is 6.90. The number of hydrogen-bond donors (Lipinski definition) is 1. The molecule has 1 N–H and O–H groups in total. The molecule has 0 aliphatic carbocycles. The highest BCUT2D eigenvalue weighted by atomic mass is 16.2. The maximum Gasteiger partial charge on any atom is 0.268 e. The van der Waals surface area contributed by atoms with Gasteiger partial charge in [0.2, 0.25) is 0 Å². The number of fused-ring (bicyclic) bond motifs is 1. The number of carbonyl (C=O) groups is 1. The van der Waals surface area contributed by atoms with Gasteiger partial charge in [0.05, 0.1) is 10.9 Å². The van der Waals surface area contributed by atoms with E-state index in [0.717, 1.165) is 11.1 Å². The monoisotopic (exact) mass is 296 g/mol. The number of aryl methyl sites for hydroxylation is 2. The van der Waals surface area contributed by atoms with Gasteiger partial charge in [0.25, 0.3) is 11.5 Å². The second kappa shape index (κ2) is 5.48. The van der Waals surface area contributed by atoms with Crippen molar-refractivity contribution in [2.24, 2.45) is 14.1 Å². The minimum atomic E-state index is -0.218. The fourth-order valence-corrected chi connectivity index (χ4v) is 2.42. The number of pyridine rings is 2. The van der Waals surface area contributed by atoms with Crippen molar-refractivity contribution in [2.75, 3.05) is 0 Å². The molecule has 0 fully saturated rings. The standard InChI is InChI=1S/C16H16N4O2/c1-19-7-5-13-12(16(19)22)8-14(20(13)2)15(21)18-10-11-4-3-6-17-9-11/h3-9H,10H2,1-2H3,(H,18,21). The molecule has 0 aliphatic rings. The predicted octanol–water partition coefficient (Wildman–Crippen LogP) is 1.20. The van der Waals surface area contributed by atoms with Gasteiger partial charge in [-0.1, -0.05) is 6.07 Å². The lowest BCUT2D eigenvalue weighted by Crippen LogP contribution is -2.24. The fraction of sp³-hybridized carbons (Fsp3) is 0.188. The van der Waals surface area contributed by atoms with Gasteiger partial charge in [0, 0.05) is 39.2 Å². The molecule has 3 rings (SSSR count). The molecular weight excluding hydrogens is 280 g/mol. The Morgan fingerprint density at radius 3 is 2.86 bits per heavy atom. The molecule has 0 saturated heterocycles. The molecule has 3 aromatic heterocycles. The molecule has 0 saturated carbocycles. The Morgan fingerprint density at radius 1 is 1.32 bits per heavy atom. The molecule has 0 spiro atoms. The quantitative estimate of drug-likeness (QED) is 0.789. The van der Waals surface area contributed by atoms with Crippen LogP contribution in [0.5, 0.6) is 0 Å². The van der Waals surface area contributed by atoms with Gasteiger partial charge in [-0.25, -0.2) is 0 Å². The maximum atomic E-state index is 12.3. The van der Waals surface area contributed by atoms with E-state index in [9.17, 15) is 9.59 Å². The van der Waals surface area contributed by atoms with E-state index in [0.29, 0.717) is 17.6 Å². The molecule has 0 aromatic carbocycles. The number of hydrogen-bond acceptors (Lipinski definition) is 3. The lowest BCUT2D eigenvalue weighted by atomic mass is 10.2. The molecule has 6 heteroatoms. The van der Waals surface area contributed by atoms with Crippen LogP contribution in [0.1, 0.15) is 16.1 Å². The van der Waals surface area contributed by atoms with E-state index >= 15 is 0 Å². The normalized spacial score (nSPS) is 10.8. The Bertz CT molecular complexity index is 894. The van der Waals surface area contributed by atoms with E-state index in [4.69, 9.17) is 0 Å². The topological polar surface area (TPSA) is 68.9 Å². The summed E-state index contributed by atoms with van der Waals surface area (Å²) in [6.07, 6.45) is 5.09. The average molecular weight is 296 g/mol. The third kappa shape index (κ3) is 2.39. The van der Waals surface area contributed by atoms with Crippen LogP contribution in [-0.2, 0) is 20.6 Å². The molecule has 0 atom stereocenters. The summed E-state index contributed by atoms with van der Waals surface area (Å²) >= 11 is 0. The summed E-state index contributed by atoms with van der Waals surface area (Å²) in [6.45, 7) is 0.395. The van der Waals surface area contributed by atoms with E-state index in [-0.39, 0.29) is 11.5 Å². The SMILES string of the molecule is Cn1ccc2c(cc(C(=O)NCc3cccnc3)n2C)c1=O. The van der Waals surface area contributed by atoms with Crippen molar-refractivity contribution in [3.05, 3.63) is 64.5 Å². The van der Waals surface area contributed by atoms with E-state index in [1.807, 2.05) is 18.2 Å². The van der Waals surface area contributed by atoms with Crippen LogP contribution in [0.4, 0.5) is 0 Å². The van der Waals surface area contributed by atoms with E-state index in [2.05, 4.69) is 10.3 Å². The number of nitrogens with one attached hydrogen (secondary N) is 1. The van der Waals surface area contributed by atoms with Gasteiger partial charge in [0.15, 0.2) is 0 Å². The van der Waals surface area contributed by atoms with Crippen LogP contribution < -0.4 is 10.9 Å². The third-order valence-electron chi connectivity index (χ3n) is 3.69. The summed E-state index contributed by atoms with van der Waals surface area (Å²) in [6, 6.07) is 7.18. The van der Waals surface area contributed by atoms with Crippen LogP contribution in [0.2, 0.25) is 0 Å². The molecule has 0 bridgehead atoms. The molecule has 3 aromatic rings. The number of rotatable bonds is 3. The third-order valence-corrected chi connectivity index (χ3v) is 3.69. The van der Waals surface area contributed by atoms with Crippen LogP contribution >= 0.6 is 0 Å². The molecule has 0 unspecified atom stereocenters. The zero-order valence-corrected chi connectivity index (χ0v) is 12.4. The Kier molecular flexibility index (Phi) is 3.50. The molecule has 1 amide bonds. The Hall–Kier alpha value is -2.89. The molecule has 0 aliphatic heterocycles. The first kappa shape index (κ1) is 14.1. The summed E-state index contributed by atoms with van der Waals surface area (Å²) in [5, 5.41) is 3.38. The second-order valence-corrected chi connectivity index (χ2v) is 5.16. The maximum absolute atomic E-state index is 12.3. The molecule has 6 nitrogen and oxygen atoms in total.